The zero-order chi connectivity index (χ0) is 20.4. The molecule has 2 aliphatic rings. The Hall–Kier alpha value is -2.38. The lowest BCUT2D eigenvalue weighted by atomic mass is 9.99. The monoisotopic (exact) mass is 416 g/mol. The molecule has 1 amide bonds. The first-order valence-electron chi connectivity index (χ1n) is 10.00. The molecule has 8 heteroatoms. The molecule has 1 fully saturated rings. The summed E-state index contributed by atoms with van der Waals surface area (Å²) < 4.78 is 6.80. The maximum atomic E-state index is 12.8. The summed E-state index contributed by atoms with van der Waals surface area (Å²) in [5, 5.41) is 7.68. The molecular formula is C21H25ClN4O3. The van der Waals surface area contributed by atoms with Crippen LogP contribution in [0.1, 0.15) is 30.9 Å². The molecule has 4 rings (SSSR count). The first-order valence-corrected chi connectivity index (χ1v) is 10.4. The summed E-state index contributed by atoms with van der Waals surface area (Å²) in [4.78, 5) is 26.3. The van der Waals surface area contributed by atoms with Gasteiger partial charge < -0.3 is 15.0 Å². The quantitative estimate of drug-likeness (QED) is 0.829. The SMILES string of the molecule is CC(=O)N1CCc2ccc(-n3ncc(NC[C@H]4CCCOC4)c(Cl)c3=O)cc2C1. The molecule has 0 saturated carbocycles. The van der Waals surface area contributed by atoms with Gasteiger partial charge in [0.2, 0.25) is 5.91 Å². The van der Waals surface area contributed by atoms with Crippen LogP contribution in [0.25, 0.3) is 5.69 Å². The van der Waals surface area contributed by atoms with Crippen molar-refractivity contribution in [2.24, 2.45) is 5.92 Å². The van der Waals surface area contributed by atoms with Crippen molar-refractivity contribution in [3.63, 3.8) is 0 Å². The second-order valence-electron chi connectivity index (χ2n) is 7.70. The number of benzene rings is 1. The number of aromatic nitrogens is 2. The van der Waals surface area contributed by atoms with Crippen LogP contribution in [-0.4, -0.2) is 46.9 Å². The van der Waals surface area contributed by atoms with E-state index in [-0.39, 0.29) is 16.5 Å². The number of fused-ring (bicyclic) bond motifs is 1. The fourth-order valence-electron chi connectivity index (χ4n) is 3.91. The van der Waals surface area contributed by atoms with E-state index in [2.05, 4.69) is 10.4 Å². The fraction of sp³-hybridized carbons (Fsp3) is 0.476. The van der Waals surface area contributed by atoms with Crippen molar-refractivity contribution in [3.8, 4) is 5.69 Å². The van der Waals surface area contributed by atoms with Crippen LogP contribution in [0.4, 0.5) is 5.69 Å². The van der Waals surface area contributed by atoms with Crippen molar-refractivity contribution in [2.45, 2.75) is 32.7 Å². The van der Waals surface area contributed by atoms with Crippen LogP contribution in [-0.2, 0) is 22.5 Å². The Bertz CT molecular complexity index is 969. The second kappa shape index (κ2) is 8.55. The molecule has 0 spiro atoms. The van der Waals surface area contributed by atoms with Crippen molar-refractivity contribution in [2.75, 3.05) is 31.6 Å². The van der Waals surface area contributed by atoms with Crippen LogP contribution in [0.2, 0.25) is 5.02 Å². The van der Waals surface area contributed by atoms with E-state index in [0.717, 1.165) is 44.6 Å². The molecule has 0 aliphatic carbocycles. The summed E-state index contributed by atoms with van der Waals surface area (Å²) in [6.45, 7) is 5.08. The average Bonchev–Trinajstić information content (AvgIpc) is 2.74. The van der Waals surface area contributed by atoms with E-state index in [1.165, 1.54) is 10.2 Å². The summed E-state index contributed by atoms with van der Waals surface area (Å²) in [6, 6.07) is 5.79. The lowest BCUT2D eigenvalue weighted by Crippen LogP contribution is -2.34. The van der Waals surface area contributed by atoms with Crippen molar-refractivity contribution < 1.29 is 9.53 Å². The molecule has 2 aromatic rings. The predicted octanol–water partition coefficient (Wildman–Crippen LogP) is 2.63. The van der Waals surface area contributed by atoms with Gasteiger partial charge in [-0.3, -0.25) is 9.59 Å². The van der Waals surface area contributed by atoms with E-state index in [0.29, 0.717) is 30.4 Å². The minimum absolute atomic E-state index is 0.0539. The number of nitrogens with zero attached hydrogens (tertiary/aromatic N) is 3. The molecule has 2 aliphatic heterocycles. The highest BCUT2D eigenvalue weighted by atomic mass is 35.5. The van der Waals surface area contributed by atoms with E-state index in [4.69, 9.17) is 16.3 Å². The van der Waals surface area contributed by atoms with Crippen molar-refractivity contribution >= 4 is 23.2 Å². The van der Waals surface area contributed by atoms with Gasteiger partial charge in [0.15, 0.2) is 0 Å². The third-order valence-corrected chi connectivity index (χ3v) is 6.01. The van der Waals surface area contributed by atoms with Gasteiger partial charge in [-0.2, -0.15) is 9.78 Å². The first kappa shape index (κ1) is 19.9. The molecule has 0 radical (unpaired) electrons. The van der Waals surface area contributed by atoms with E-state index in [1.54, 1.807) is 18.0 Å². The zero-order valence-corrected chi connectivity index (χ0v) is 17.2. The van der Waals surface area contributed by atoms with Gasteiger partial charge in [0.25, 0.3) is 5.56 Å². The van der Waals surface area contributed by atoms with Gasteiger partial charge in [-0.25, -0.2) is 0 Å². The molecule has 154 valence electrons. The molecule has 29 heavy (non-hydrogen) atoms. The number of rotatable bonds is 4. The van der Waals surface area contributed by atoms with Crippen LogP contribution < -0.4 is 10.9 Å². The zero-order valence-electron chi connectivity index (χ0n) is 16.5. The Kier molecular flexibility index (Phi) is 5.87. The number of carbonyl (C=O) groups excluding carboxylic acids is 1. The third kappa shape index (κ3) is 4.31. The molecule has 0 bridgehead atoms. The van der Waals surface area contributed by atoms with Crippen LogP contribution >= 0.6 is 11.6 Å². The Labute approximate surface area is 174 Å². The second-order valence-corrected chi connectivity index (χ2v) is 8.07. The minimum atomic E-state index is -0.365. The summed E-state index contributed by atoms with van der Waals surface area (Å²) >= 11 is 6.35. The highest BCUT2D eigenvalue weighted by molar-refractivity contribution is 6.32. The maximum Gasteiger partial charge on any atom is 0.292 e. The number of amides is 1. The van der Waals surface area contributed by atoms with Gasteiger partial charge in [0.05, 0.1) is 24.2 Å². The van der Waals surface area contributed by atoms with Crippen LogP contribution in [0.5, 0.6) is 0 Å². The molecule has 1 aromatic carbocycles. The maximum absolute atomic E-state index is 12.8. The molecule has 1 N–H and O–H groups in total. The Balaban J connectivity index is 1.55. The Morgan fingerprint density at radius 2 is 2.24 bits per heavy atom. The molecule has 3 heterocycles. The highest BCUT2D eigenvalue weighted by Gasteiger charge is 2.20. The number of carbonyl (C=O) groups is 1. The van der Waals surface area contributed by atoms with Crippen LogP contribution in [0, 0.1) is 5.92 Å². The van der Waals surface area contributed by atoms with Crippen molar-refractivity contribution in [1.82, 2.24) is 14.7 Å². The van der Waals surface area contributed by atoms with Gasteiger partial charge >= 0.3 is 0 Å². The summed E-state index contributed by atoms with van der Waals surface area (Å²) in [7, 11) is 0. The van der Waals surface area contributed by atoms with E-state index < -0.39 is 0 Å². The third-order valence-electron chi connectivity index (χ3n) is 5.65. The first-order chi connectivity index (χ1) is 14.0. The number of ether oxygens (including phenoxy) is 1. The van der Waals surface area contributed by atoms with Gasteiger partial charge in [-0.15, -0.1) is 0 Å². The van der Waals surface area contributed by atoms with Gasteiger partial charge in [-0.05, 0) is 48.4 Å². The fourth-order valence-corrected chi connectivity index (χ4v) is 4.10. The molecule has 0 unspecified atom stereocenters. The number of halogens is 1. The van der Waals surface area contributed by atoms with Gasteiger partial charge in [0.1, 0.15) is 5.02 Å². The highest BCUT2D eigenvalue weighted by Crippen LogP contribution is 2.23. The van der Waals surface area contributed by atoms with Crippen LogP contribution in [0.3, 0.4) is 0 Å². The molecular weight excluding hydrogens is 392 g/mol. The molecule has 1 atom stereocenters. The Morgan fingerprint density at radius 3 is 3.00 bits per heavy atom. The number of anilines is 1. The topological polar surface area (TPSA) is 76.5 Å². The average molecular weight is 417 g/mol. The van der Waals surface area contributed by atoms with Gasteiger partial charge in [0, 0.05) is 33.2 Å². The normalized spacial score (nSPS) is 19.0. The van der Waals surface area contributed by atoms with E-state index >= 15 is 0 Å². The molecule has 1 aromatic heterocycles. The largest absolute Gasteiger partial charge is 0.382 e. The lowest BCUT2D eigenvalue weighted by molar-refractivity contribution is -0.129. The van der Waals surface area contributed by atoms with Crippen molar-refractivity contribution in [1.29, 1.82) is 0 Å². The van der Waals surface area contributed by atoms with Crippen molar-refractivity contribution in [3.05, 3.63) is 50.9 Å². The minimum Gasteiger partial charge on any atom is -0.382 e. The Morgan fingerprint density at radius 1 is 1.38 bits per heavy atom. The molecule has 1 saturated heterocycles. The summed E-state index contributed by atoms with van der Waals surface area (Å²) in [5.41, 5.74) is 3.05. The lowest BCUT2D eigenvalue weighted by Gasteiger charge is -2.28. The number of nitrogens with one attached hydrogen (secondary N) is 1. The molecule has 7 nitrogen and oxygen atoms in total. The number of hydrogen-bond acceptors (Lipinski definition) is 5. The number of hydrogen-bond donors (Lipinski definition) is 1. The van der Waals surface area contributed by atoms with E-state index in [1.807, 2.05) is 18.2 Å². The standard InChI is InChI=1S/C21H25ClN4O3/c1-14(27)25-7-6-16-4-5-18(9-17(16)12-25)26-21(28)20(22)19(11-24-26)23-10-15-3-2-8-29-13-15/h4-5,9,11,15,23H,2-3,6-8,10,12-13H2,1H3/t15-/m1/s1. The summed E-state index contributed by atoms with van der Waals surface area (Å²) in [6.07, 6.45) is 4.56. The predicted molar refractivity (Wildman–Crippen MR) is 112 cm³/mol. The van der Waals surface area contributed by atoms with Gasteiger partial charge in [-0.1, -0.05) is 17.7 Å². The van der Waals surface area contributed by atoms with Crippen LogP contribution in [0.15, 0.2) is 29.2 Å². The van der Waals surface area contributed by atoms with E-state index in [9.17, 15) is 9.59 Å². The smallest absolute Gasteiger partial charge is 0.292 e. The summed E-state index contributed by atoms with van der Waals surface area (Å²) in [5.74, 6) is 0.463.